The summed E-state index contributed by atoms with van der Waals surface area (Å²) in [6.45, 7) is 17.6. The topological polar surface area (TPSA) is 351 Å². The molecule has 0 saturated carbocycles. The molecule has 4 aromatic carbocycles. The number of oxime groups is 2. The molecule has 0 atom stereocenters. The number of pyridine rings is 1. The van der Waals surface area contributed by atoms with Crippen LogP contribution in [-0.4, -0.2) is 144 Å². The van der Waals surface area contributed by atoms with Gasteiger partial charge in [-0.2, -0.15) is 27.7 Å². The molecule has 8 heterocycles. The lowest BCUT2D eigenvalue weighted by Crippen LogP contribution is -2.29. The third-order valence-electron chi connectivity index (χ3n) is 16.7. The van der Waals surface area contributed by atoms with E-state index in [-0.39, 0.29) is 45.1 Å². The number of ether oxygens (including phenoxy) is 6. The van der Waals surface area contributed by atoms with Crippen LogP contribution in [0.4, 0.5) is 19.1 Å². The number of anilines is 1. The van der Waals surface area contributed by atoms with Crippen molar-refractivity contribution in [2.45, 2.75) is 116 Å². The van der Waals surface area contributed by atoms with E-state index in [1.54, 1.807) is 23.2 Å². The van der Waals surface area contributed by atoms with E-state index in [1.165, 1.54) is 55.9 Å². The molecule has 9 aromatic rings. The smallest absolute Gasteiger partial charge is 0.418 e. The molecule has 12 rings (SSSR count). The Labute approximate surface area is 601 Å². The van der Waals surface area contributed by atoms with Crippen LogP contribution in [0, 0.1) is 19.3 Å². The number of esters is 2. The van der Waals surface area contributed by atoms with Gasteiger partial charge in [0.2, 0.25) is 23.5 Å². The molecule has 0 radical (unpaired) electrons. The highest BCUT2D eigenvalue weighted by Gasteiger charge is 2.46. The van der Waals surface area contributed by atoms with Crippen molar-refractivity contribution in [3.8, 4) is 34.6 Å². The van der Waals surface area contributed by atoms with Crippen molar-refractivity contribution in [3.05, 3.63) is 186 Å². The zero-order valence-electron chi connectivity index (χ0n) is 59.8. The lowest BCUT2D eigenvalue weighted by molar-refractivity contribution is -0.143. The van der Waals surface area contributed by atoms with E-state index in [0.717, 1.165) is 64.7 Å². The van der Waals surface area contributed by atoms with E-state index >= 15 is 0 Å². The maximum absolute atomic E-state index is 13.5. The average Bonchev–Trinajstić information content (AvgIpc) is 1.66. The van der Waals surface area contributed by atoms with Crippen LogP contribution in [0.25, 0.3) is 16.9 Å². The van der Waals surface area contributed by atoms with Gasteiger partial charge < -0.3 is 43.2 Å². The second kappa shape index (κ2) is 32.3. The fourth-order valence-electron chi connectivity index (χ4n) is 11.6. The number of alkyl halides is 3. The Bertz CT molecular complexity index is 5090. The van der Waals surface area contributed by atoms with Gasteiger partial charge in [0.1, 0.15) is 17.7 Å². The summed E-state index contributed by atoms with van der Waals surface area (Å²) in [5.74, 6) is -2.12. The first-order chi connectivity index (χ1) is 49.8. The minimum atomic E-state index is -4.98. The van der Waals surface area contributed by atoms with Crippen molar-refractivity contribution in [3.63, 3.8) is 0 Å². The average molecular weight is 1490 g/mol. The van der Waals surface area contributed by atoms with Crippen LogP contribution in [-0.2, 0) is 93.4 Å². The Hall–Kier alpha value is -11.0. The number of H-pyrrole nitrogens is 1. The number of ketones is 1. The first-order valence-corrected chi connectivity index (χ1v) is 36.2. The van der Waals surface area contributed by atoms with Crippen LogP contribution in [0.3, 0.4) is 0 Å². The quantitative estimate of drug-likeness (QED) is 0.0597. The molecular formula is C71H79F3N12O17S2. The number of methoxy groups -OCH3 is 3. The molecule has 29 nitrogen and oxygen atoms in total. The number of halogens is 3. The number of carbonyl (C=O) groups excluding carboxylic acids is 3. The minimum Gasteiger partial charge on any atom is -0.481 e. The number of aromatic amines is 1. The lowest BCUT2D eigenvalue weighted by Gasteiger charge is -2.27. The minimum absolute atomic E-state index is 0.00623. The van der Waals surface area contributed by atoms with Crippen LogP contribution in [0.5, 0.6) is 23.5 Å². The van der Waals surface area contributed by atoms with Crippen molar-refractivity contribution >= 4 is 60.7 Å². The van der Waals surface area contributed by atoms with Crippen LogP contribution in [0.1, 0.15) is 115 Å². The number of fused-ring (bicyclic) bond motifs is 2. The molecule has 558 valence electrons. The number of aromatic nitrogens is 9. The highest BCUT2D eigenvalue weighted by Crippen LogP contribution is 2.43. The van der Waals surface area contributed by atoms with Crippen molar-refractivity contribution in [2.75, 3.05) is 58.7 Å². The third kappa shape index (κ3) is 17.0. The molecule has 105 heavy (non-hydrogen) atoms. The standard InChI is InChI=1S/C23H32N2O4.C18H17NO3.C16H17N3O5S.C14H13F3N6O5S/c1-7-16-13-15(3)14-17(8-2)18(16)19-20(26)24-9-11-28-12-10-25(24)21(19)29-22(27)23(4,5)6;1-2-21-17(20)16-13-18(22-19-16,14-9-5-3-6-10-14)15-11-7-4-8-12-15;1-9-10(15(20)11-8-17-19(2)16(11)21)4-5-13(25(3,22)23)14(9)12-6-7-24-18-12;1-26-8-6-9(27-2)23-13(19-8)20-12(21-23)22-29(24,25)10-7(14(15,16)17)4-5-18-11(10)28-3/h13-14H,7-12H2,1-6H3;3-12H,2,13H2,1H3;4-5,8,17H,6-7H2,1-3H3;4-6H,1-3H3,(H,21,22). The van der Waals surface area contributed by atoms with Gasteiger partial charge in [-0.05, 0) is 94.8 Å². The van der Waals surface area contributed by atoms with Crippen LogP contribution in [0.15, 0.2) is 139 Å². The fraction of sp³-hybridized carbons (Fsp3) is 0.366. The van der Waals surface area contributed by atoms with E-state index in [1.807, 2.05) is 86.2 Å². The highest BCUT2D eigenvalue weighted by atomic mass is 32.2. The molecule has 0 saturated heterocycles. The zero-order valence-corrected chi connectivity index (χ0v) is 61.5. The van der Waals surface area contributed by atoms with E-state index in [0.29, 0.717) is 92.4 Å². The molecule has 0 amide bonds. The summed E-state index contributed by atoms with van der Waals surface area (Å²) in [6.07, 6.45) is 0.646. The number of nitrogens with zero attached hydrogens (tertiary/aromatic N) is 10. The fourth-order valence-corrected chi connectivity index (χ4v) is 13.9. The number of carbonyl (C=O) groups is 3. The Morgan fingerprint density at radius 2 is 1.39 bits per heavy atom. The van der Waals surface area contributed by atoms with Crippen molar-refractivity contribution in [2.24, 2.45) is 22.8 Å². The first-order valence-electron chi connectivity index (χ1n) is 32.9. The maximum atomic E-state index is 13.5. The summed E-state index contributed by atoms with van der Waals surface area (Å²) < 4.78 is 128. The van der Waals surface area contributed by atoms with E-state index in [2.05, 4.69) is 68.4 Å². The molecule has 5 aromatic heterocycles. The lowest BCUT2D eigenvalue weighted by atomic mass is 9.82. The predicted molar refractivity (Wildman–Crippen MR) is 378 cm³/mol. The van der Waals surface area contributed by atoms with Gasteiger partial charge in [0.25, 0.3) is 32.9 Å². The Kier molecular flexibility index (Phi) is 24.1. The number of rotatable bonds is 18. The molecule has 2 N–H and O–H groups in total. The number of benzene rings is 4. The van der Waals surface area contributed by atoms with Crippen molar-refractivity contribution in [1.29, 1.82) is 0 Å². The van der Waals surface area contributed by atoms with E-state index in [4.69, 9.17) is 38.1 Å². The van der Waals surface area contributed by atoms with Crippen molar-refractivity contribution < 1.29 is 82.5 Å². The van der Waals surface area contributed by atoms with Gasteiger partial charge in [-0.15, -0.1) is 5.10 Å². The maximum Gasteiger partial charge on any atom is 0.418 e. The molecule has 3 aliphatic heterocycles. The summed E-state index contributed by atoms with van der Waals surface area (Å²) in [6, 6.07) is 28.6. The molecule has 34 heteroatoms. The number of nitrogens with one attached hydrogen (secondary N) is 2. The third-order valence-corrected chi connectivity index (χ3v) is 19.3. The largest absolute Gasteiger partial charge is 0.481 e. The van der Waals surface area contributed by atoms with Crippen LogP contribution < -0.4 is 34.8 Å². The summed E-state index contributed by atoms with van der Waals surface area (Å²) in [5.41, 5.74) is 5.11. The predicted octanol–water partition coefficient (Wildman–Crippen LogP) is 9.15. The second-order valence-corrected chi connectivity index (χ2v) is 28.5. The number of hydrogen-bond donors (Lipinski definition) is 2. The molecule has 0 bridgehead atoms. The summed E-state index contributed by atoms with van der Waals surface area (Å²) in [7, 11) is -3.22. The Morgan fingerprint density at radius 3 is 1.92 bits per heavy atom. The number of hydrogen-bond acceptors (Lipinski definition) is 23. The normalized spacial score (nSPS) is 14.0. The van der Waals surface area contributed by atoms with Crippen LogP contribution >= 0.6 is 0 Å². The van der Waals surface area contributed by atoms with Gasteiger partial charge in [-0.25, -0.2) is 40.7 Å². The van der Waals surface area contributed by atoms with Gasteiger partial charge in [0.15, 0.2) is 31.8 Å². The van der Waals surface area contributed by atoms with Gasteiger partial charge in [0, 0.05) is 54.4 Å². The van der Waals surface area contributed by atoms with Gasteiger partial charge in [-0.1, -0.05) is 103 Å². The number of sulfone groups is 1. The molecule has 3 aliphatic rings. The second-order valence-electron chi connectivity index (χ2n) is 24.9. The van der Waals surface area contributed by atoms with Gasteiger partial charge in [0.05, 0.1) is 88.3 Å². The number of aryl methyl sites for hydroxylation is 4. The van der Waals surface area contributed by atoms with E-state index < -0.39 is 76.7 Å². The Morgan fingerprint density at radius 1 is 0.752 bits per heavy atom. The SMILES string of the molecule is CCOC(=O)C1=NOC(c2ccccc2)(c2ccccc2)C1.CCc1cc(C)cc(CC)c1-c1c(OC(=O)C(C)(C)C)n2n(c1=O)CCOCC2.COc1cc(OC)n2nc(NS(=O)(=O)c3c(C(F)(F)F)ccnc3OC)nc2n1.Cc1c(C(=O)c2c[nH]n(C)c2=O)ccc(S(C)(=O)=O)c1C1=NOCC1. The van der Waals surface area contributed by atoms with Crippen LogP contribution in [0.2, 0.25) is 0 Å². The number of sulfonamides is 1. The molecular weight excluding hydrogens is 1410 g/mol. The summed E-state index contributed by atoms with van der Waals surface area (Å²) in [4.78, 5) is 84.1. The summed E-state index contributed by atoms with van der Waals surface area (Å²) >= 11 is 0. The molecule has 0 spiro atoms. The van der Waals surface area contributed by atoms with Gasteiger partial charge in [-0.3, -0.25) is 23.9 Å². The van der Waals surface area contributed by atoms with Gasteiger partial charge >= 0.3 is 18.1 Å². The highest BCUT2D eigenvalue weighted by molar-refractivity contribution is 7.93. The first kappa shape index (κ1) is 78.1. The molecule has 0 fully saturated rings. The van der Waals surface area contributed by atoms with Crippen molar-refractivity contribution in [1.82, 2.24) is 43.7 Å². The van der Waals surface area contributed by atoms with E-state index in [9.17, 15) is 54.0 Å². The zero-order chi connectivity index (χ0) is 76.5. The summed E-state index contributed by atoms with van der Waals surface area (Å²) in [5, 5.41) is 14.4. The monoisotopic (exact) mass is 1490 g/mol. The molecule has 0 aliphatic carbocycles. The molecule has 0 unspecified atom stereocenters. The Balaban J connectivity index is 0.000000163.